The minimum atomic E-state index is -0.670. The smallest absolute Gasteiger partial charge is 0.253 e. The summed E-state index contributed by atoms with van der Waals surface area (Å²) in [6.45, 7) is 2.43. The van der Waals surface area contributed by atoms with Crippen LogP contribution in [0.25, 0.3) is 11.0 Å². The van der Waals surface area contributed by atoms with Gasteiger partial charge in [0.05, 0.1) is 23.5 Å². The van der Waals surface area contributed by atoms with E-state index in [1.54, 1.807) is 6.07 Å². The Labute approximate surface area is 205 Å². The zero-order chi connectivity index (χ0) is 21.2. The number of aliphatic hydroxyl groups is 1. The number of ether oxygens (including phenoxy) is 1. The van der Waals surface area contributed by atoms with Gasteiger partial charge < -0.3 is 25.0 Å². The molecule has 3 heterocycles. The van der Waals surface area contributed by atoms with Crippen molar-refractivity contribution in [2.24, 2.45) is 0 Å². The Bertz CT molecular complexity index is 1080. The Kier molecular flexibility index (Phi) is 8.73. The molecule has 5 rings (SSSR count). The second kappa shape index (κ2) is 11.3. The van der Waals surface area contributed by atoms with Crippen LogP contribution in [0.3, 0.4) is 0 Å². The van der Waals surface area contributed by atoms with Crippen molar-refractivity contribution in [1.29, 1.82) is 0 Å². The highest BCUT2D eigenvalue weighted by Crippen LogP contribution is 2.27. The molecule has 2 aromatic carbocycles. The maximum absolute atomic E-state index is 12.9. The van der Waals surface area contributed by atoms with Gasteiger partial charge >= 0.3 is 0 Å². The number of carbonyl (C=O) groups excluding carboxylic acids is 1. The molecule has 9 heteroatoms. The van der Waals surface area contributed by atoms with Crippen molar-refractivity contribution in [3.63, 3.8) is 0 Å². The first kappa shape index (κ1) is 25.5. The molecule has 0 aliphatic carbocycles. The fraction of sp³-hybridized carbons (Fsp3) is 0.417. The monoisotopic (exact) mass is 492 g/mol. The first-order valence-electron chi connectivity index (χ1n) is 11.0. The fourth-order valence-corrected chi connectivity index (χ4v) is 4.68. The molecule has 3 aromatic rings. The van der Waals surface area contributed by atoms with Crippen LogP contribution in [0.4, 0.5) is 0 Å². The van der Waals surface area contributed by atoms with Gasteiger partial charge in [-0.25, -0.2) is 4.98 Å². The first-order valence-corrected chi connectivity index (χ1v) is 11.0. The Morgan fingerprint density at radius 1 is 1.15 bits per heavy atom. The van der Waals surface area contributed by atoms with E-state index in [0.29, 0.717) is 17.1 Å². The molecule has 33 heavy (non-hydrogen) atoms. The van der Waals surface area contributed by atoms with Crippen LogP contribution in [-0.2, 0) is 17.7 Å². The number of nitrogens with one attached hydrogen (secondary N) is 2. The molecule has 3 N–H and O–H groups in total. The van der Waals surface area contributed by atoms with Gasteiger partial charge in [0.25, 0.3) is 5.91 Å². The number of halogens is 2. The quantitative estimate of drug-likeness (QED) is 0.509. The van der Waals surface area contributed by atoms with E-state index < -0.39 is 6.10 Å². The number of para-hydroxylation sites is 1. The molecule has 1 amide bonds. The van der Waals surface area contributed by atoms with E-state index in [9.17, 15) is 9.90 Å². The van der Waals surface area contributed by atoms with E-state index in [1.807, 2.05) is 30.6 Å². The molecule has 1 saturated heterocycles. The molecule has 2 aliphatic rings. The van der Waals surface area contributed by atoms with Crippen molar-refractivity contribution < 1.29 is 14.6 Å². The Morgan fingerprint density at radius 3 is 2.70 bits per heavy atom. The highest BCUT2D eigenvalue weighted by molar-refractivity contribution is 6.04. The Balaban J connectivity index is 0.00000153. The maximum Gasteiger partial charge on any atom is 0.253 e. The van der Waals surface area contributed by atoms with Gasteiger partial charge in [-0.2, -0.15) is 0 Å². The summed E-state index contributed by atoms with van der Waals surface area (Å²) in [4.78, 5) is 17.5. The highest BCUT2D eigenvalue weighted by Gasteiger charge is 2.25. The third kappa shape index (κ3) is 5.34. The normalized spacial score (nSPS) is 19.1. The van der Waals surface area contributed by atoms with Gasteiger partial charge in [0, 0.05) is 38.4 Å². The van der Waals surface area contributed by atoms with Crippen LogP contribution in [0.2, 0.25) is 0 Å². The van der Waals surface area contributed by atoms with Gasteiger partial charge in [-0.05, 0) is 42.5 Å². The molecule has 0 spiro atoms. The van der Waals surface area contributed by atoms with Crippen molar-refractivity contribution in [3.8, 4) is 0 Å². The van der Waals surface area contributed by atoms with Crippen LogP contribution in [0.1, 0.15) is 40.4 Å². The van der Waals surface area contributed by atoms with Crippen molar-refractivity contribution in [1.82, 2.24) is 20.2 Å². The molecule has 1 aromatic heterocycles. The zero-order valence-electron chi connectivity index (χ0n) is 18.3. The molecule has 0 radical (unpaired) electrons. The van der Waals surface area contributed by atoms with Gasteiger partial charge in [-0.3, -0.25) is 4.79 Å². The lowest BCUT2D eigenvalue weighted by Gasteiger charge is -2.30. The summed E-state index contributed by atoms with van der Waals surface area (Å²) in [7, 11) is 0. The van der Waals surface area contributed by atoms with Crippen LogP contribution in [0, 0.1) is 0 Å². The zero-order valence-corrected chi connectivity index (χ0v) is 19.9. The van der Waals surface area contributed by atoms with E-state index in [2.05, 4.69) is 32.3 Å². The van der Waals surface area contributed by atoms with Crippen molar-refractivity contribution in [2.45, 2.75) is 44.0 Å². The molecule has 1 fully saturated rings. The average molecular weight is 493 g/mol. The van der Waals surface area contributed by atoms with Gasteiger partial charge in [0.15, 0.2) is 0 Å². The summed E-state index contributed by atoms with van der Waals surface area (Å²) >= 11 is 0. The molecular weight excluding hydrogens is 463 g/mol. The summed E-state index contributed by atoms with van der Waals surface area (Å²) in [5.74, 6) is -0.210. The van der Waals surface area contributed by atoms with E-state index in [0.717, 1.165) is 44.5 Å². The van der Waals surface area contributed by atoms with Gasteiger partial charge in [-0.15, -0.1) is 24.8 Å². The molecule has 2 unspecified atom stereocenters. The molecular formula is C24H30Cl2N4O3. The highest BCUT2D eigenvalue weighted by atomic mass is 35.5. The van der Waals surface area contributed by atoms with Crippen molar-refractivity contribution in [3.05, 3.63) is 65.5 Å². The molecule has 0 saturated carbocycles. The summed E-state index contributed by atoms with van der Waals surface area (Å²) in [5.41, 5.74) is 4.72. The second-order valence-corrected chi connectivity index (χ2v) is 8.41. The number of aromatic nitrogens is 2. The Morgan fingerprint density at radius 2 is 1.91 bits per heavy atom. The number of benzene rings is 2. The van der Waals surface area contributed by atoms with Gasteiger partial charge in [-0.1, -0.05) is 30.3 Å². The summed E-state index contributed by atoms with van der Waals surface area (Å²) < 4.78 is 7.63. The number of rotatable bonds is 5. The second-order valence-electron chi connectivity index (χ2n) is 8.41. The third-order valence-electron chi connectivity index (χ3n) is 6.48. The minimum Gasteiger partial charge on any atom is -0.390 e. The largest absolute Gasteiger partial charge is 0.390 e. The molecule has 178 valence electrons. The van der Waals surface area contributed by atoms with E-state index in [-0.39, 0.29) is 43.3 Å². The predicted molar refractivity (Wildman–Crippen MR) is 132 cm³/mol. The van der Waals surface area contributed by atoms with Crippen LogP contribution in [0.5, 0.6) is 0 Å². The SMILES string of the molecule is Cl.Cl.O=C(NCC(O)C1Cc2ccccc2CN1)c1cccc2c1ncn2C1CCOCC1. The van der Waals surface area contributed by atoms with E-state index in [1.165, 1.54) is 11.1 Å². The number of hydrogen-bond donors (Lipinski definition) is 3. The average Bonchev–Trinajstić information content (AvgIpc) is 3.27. The van der Waals surface area contributed by atoms with Crippen LogP contribution < -0.4 is 10.6 Å². The predicted octanol–water partition coefficient (Wildman–Crippen LogP) is 3.04. The van der Waals surface area contributed by atoms with Crippen molar-refractivity contribution >= 4 is 41.8 Å². The van der Waals surface area contributed by atoms with Crippen LogP contribution in [-0.4, -0.2) is 52.5 Å². The first-order chi connectivity index (χ1) is 15.2. The lowest BCUT2D eigenvalue weighted by molar-refractivity contribution is 0.0706. The lowest BCUT2D eigenvalue weighted by atomic mass is 9.93. The summed E-state index contributed by atoms with van der Waals surface area (Å²) in [6.07, 6.45) is 3.81. The fourth-order valence-electron chi connectivity index (χ4n) is 4.68. The number of aliphatic hydroxyl groups excluding tert-OH is 1. The van der Waals surface area contributed by atoms with E-state index >= 15 is 0 Å². The Hall–Kier alpha value is -2.16. The third-order valence-corrected chi connectivity index (χ3v) is 6.48. The number of hydrogen-bond acceptors (Lipinski definition) is 5. The van der Waals surface area contributed by atoms with Gasteiger partial charge in [0.2, 0.25) is 0 Å². The maximum atomic E-state index is 12.9. The molecule has 7 nitrogen and oxygen atoms in total. The van der Waals surface area contributed by atoms with Crippen LogP contribution in [0.15, 0.2) is 48.8 Å². The molecule has 2 atom stereocenters. The molecule has 2 aliphatic heterocycles. The molecule has 0 bridgehead atoms. The summed E-state index contributed by atoms with van der Waals surface area (Å²) in [6, 6.07) is 14.2. The number of carbonyl (C=O) groups is 1. The number of nitrogens with zero attached hydrogens (tertiary/aromatic N) is 2. The topological polar surface area (TPSA) is 88.4 Å². The minimum absolute atomic E-state index is 0. The van der Waals surface area contributed by atoms with Crippen LogP contribution >= 0.6 is 24.8 Å². The van der Waals surface area contributed by atoms with E-state index in [4.69, 9.17) is 4.74 Å². The lowest BCUT2D eigenvalue weighted by Crippen LogP contribution is -2.49. The number of amides is 1. The van der Waals surface area contributed by atoms with Crippen molar-refractivity contribution in [2.75, 3.05) is 19.8 Å². The number of imidazole rings is 1. The summed E-state index contributed by atoms with van der Waals surface area (Å²) in [5, 5.41) is 17.0. The standard InChI is InChI=1S/C24H28N4O3.2ClH/c29-22(20-12-16-4-1-2-5-17(16)13-25-20)14-26-24(30)19-6-3-7-21-23(19)27-15-28(21)18-8-10-31-11-9-18;;/h1-7,15,18,20,22,25,29H,8-14H2,(H,26,30);2*1H. The number of fused-ring (bicyclic) bond motifs is 2. The van der Waals surface area contributed by atoms with Gasteiger partial charge in [0.1, 0.15) is 5.52 Å².